The first-order valence-corrected chi connectivity index (χ1v) is 6.78. The molecule has 7 heteroatoms. The highest BCUT2D eigenvalue weighted by atomic mass is 127. The van der Waals surface area contributed by atoms with Crippen LogP contribution in [0, 0.1) is 3.70 Å². The van der Waals surface area contributed by atoms with Gasteiger partial charge in [0, 0.05) is 5.33 Å². The fourth-order valence-corrected chi connectivity index (χ4v) is 2.47. The Bertz CT molecular complexity index is 429. The van der Waals surface area contributed by atoms with Gasteiger partial charge in [-0.05, 0) is 39.8 Å². The highest BCUT2D eigenvalue weighted by molar-refractivity contribution is 14.1. The van der Waals surface area contributed by atoms with Crippen LogP contribution in [-0.2, 0) is 21.3 Å². The highest BCUT2D eigenvalue weighted by Crippen LogP contribution is 2.27. The largest absolute Gasteiger partial charge is 0.469 e. The lowest BCUT2D eigenvalue weighted by Crippen LogP contribution is -2.12. The van der Waals surface area contributed by atoms with Gasteiger partial charge in [-0.15, -0.1) is 0 Å². The molecule has 94 valence electrons. The van der Waals surface area contributed by atoms with Gasteiger partial charge in [-0.1, -0.05) is 15.9 Å². The average molecular weight is 420 g/mol. The highest BCUT2D eigenvalue weighted by Gasteiger charge is 2.21. The zero-order valence-electron chi connectivity index (χ0n) is 8.84. The van der Waals surface area contributed by atoms with E-state index >= 15 is 0 Å². The Balaban J connectivity index is 3.26. The van der Waals surface area contributed by atoms with Crippen molar-refractivity contribution in [1.82, 2.24) is 4.98 Å². The van der Waals surface area contributed by atoms with Gasteiger partial charge >= 0.3 is 5.97 Å². The van der Waals surface area contributed by atoms with Gasteiger partial charge in [0.1, 0.15) is 9.39 Å². The summed E-state index contributed by atoms with van der Waals surface area (Å²) in [6.45, 7) is 0. The minimum absolute atomic E-state index is 0.193. The van der Waals surface area contributed by atoms with Gasteiger partial charge in [0.2, 0.25) is 0 Å². The molecule has 0 aliphatic heterocycles. The Kier molecular flexibility index (Phi) is 5.71. The fourth-order valence-electron chi connectivity index (χ4n) is 1.33. The molecule has 0 saturated carbocycles. The van der Waals surface area contributed by atoms with Crippen molar-refractivity contribution < 1.29 is 18.3 Å². The molecule has 0 saturated heterocycles. The number of carbonyl (C=O) groups is 1. The second kappa shape index (κ2) is 6.58. The van der Waals surface area contributed by atoms with Crippen LogP contribution in [0.25, 0.3) is 0 Å². The molecule has 1 aromatic heterocycles. The lowest BCUT2D eigenvalue weighted by atomic mass is 10.0. The van der Waals surface area contributed by atoms with Crippen molar-refractivity contribution in [3.63, 3.8) is 0 Å². The van der Waals surface area contributed by atoms with Crippen LogP contribution in [0.5, 0.6) is 0 Å². The summed E-state index contributed by atoms with van der Waals surface area (Å²) in [5.74, 6) is -0.558. The molecule has 0 aromatic carbocycles. The van der Waals surface area contributed by atoms with E-state index in [9.17, 15) is 13.6 Å². The molecule has 0 fully saturated rings. The molecule has 1 aromatic rings. The lowest BCUT2D eigenvalue weighted by Gasteiger charge is -2.12. The number of carbonyl (C=O) groups excluding carboxylic acids is 1. The van der Waals surface area contributed by atoms with Gasteiger partial charge in [-0.25, -0.2) is 13.8 Å². The van der Waals surface area contributed by atoms with Gasteiger partial charge in [-0.3, -0.25) is 4.79 Å². The van der Waals surface area contributed by atoms with Crippen LogP contribution in [0.3, 0.4) is 0 Å². The third-order valence-corrected chi connectivity index (χ3v) is 3.27. The van der Waals surface area contributed by atoms with Crippen molar-refractivity contribution in [2.75, 3.05) is 7.11 Å². The van der Waals surface area contributed by atoms with Crippen LogP contribution >= 0.6 is 38.5 Å². The third kappa shape index (κ3) is 3.84. The monoisotopic (exact) mass is 419 g/mol. The number of rotatable bonds is 4. The summed E-state index contributed by atoms with van der Waals surface area (Å²) in [6, 6.07) is 1.67. The van der Waals surface area contributed by atoms with Crippen molar-refractivity contribution >= 4 is 44.5 Å². The molecule has 17 heavy (non-hydrogen) atoms. The van der Waals surface area contributed by atoms with Gasteiger partial charge < -0.3 is 4.74 Å². The van der Waals surface area contributed by atoms with Crippen molar-refractivity contribution in [2.45, 2.75) is 18.2 Å². The van der Waals surface area contributed by atoms with Crippen LogP contribution < -0.4 is 0 Å². The summed E-state index contributed by atoms with van der Waals surface area (Å²) in [5, 5.41) is 0.386. The van der Waals surface area contributed by atoms with Crippen LogP contribution in [0.4, 0.5) is 8.78 Å². The number of halogens is 4. The summed E-state index contributed by atoms with van der Waals surface area (Å²) < 4.78 is 30.7. The summed E-state index contributed by atoms with van der Waals surface area (Å²) in [6.07, 6.45) is -2.90. The Labute approximate surface area is 119 Å². The van der Waals surface area contributed by atoms with E-state index in [2.05, 4.69) is 25.7 Å². The Hall–Kier alpha value is -0.310. The predicted octanol–water partition coefficient (Wildman–Crippen LogP) is 3.23. The molecule has 0 radical (unpaired) electrons. The van der Waals surface area contributed by atoms with Gasteiger partial charge in [-0.2, -0.15) is 0 Å². The Morgan fingerprint density at radius 2 is 2.29 bits per heavy atom. The maximum Gasteiger partial charge on any atom is 0.310 e. The van der Waals surface area contributed by atoms with Crippen molar-refractivity contribution in [3.05, 3.63) is 26.6 Å². The molecule has 0 spiro atoms. The second-order valence-electron chi connectivity index (χ2n) is 3.16. The van der Waals surface area contributed by atoms with Gasteiger partial charge in [0.05, 0.1) is 13.5 Å². The number of aromatic nitrogens is 1. The number of hydrogen-bond donors (Lipinski definition) is 0. The van der Waals surface area contributed by atoms with Crippen LogP contribution in [0.15, 0.2) is 6.07 Å². The zero-order chi connectivity index (χ0) is 13.0. The maximum atomic E-state index is 12.8. The molecule has 0 atom stereocenters. The first kappa shape index (κ1) is 14.7. The normalized spacial score (nSPS) is 10.7. The summed E-state index contributed by atoms with van der Waals surface area (Å²) in [5.41, 5.74) is 0.519. The van der Waals surface area contributed by atoms with Crippen LogP contribution in [0.2, 0.25) is 0 Å². The van der Waals surface area contributed by atoms with E-state index in [1.807, 2.05) is 22.6 Å². The fraction of sp³-hybridized carbons (Fsp3) is 0.400. The van der Waals surface area contributed by atoms with Crippen LogP contribution in [-0.4, -0.2) is 18.1 Å². The maximum absolute atomic E-state index is 12.8. The molecule has 0 unspecified atom stereocenters. The predicted molar refractivity (Wildman–Crippen MR) is 70.3 cm³/mol. The van der Waals surface area contributed by atoms with E-state index in [1.54, 1.807) is 6.07 Å². The summed E-state index contributed by atoms with van der Waals surface area (Å²) >= 11 is 5.08. The quantitative estimate of drug-likeness (QED) is 0.325. The average Bonchev–Trinajstić information content (AvgIpc) is 2.30. The number of pyridine rings is 1. The Morgan fingerprint density at radius 3 is 2.76 bits per heavy atom. The molecule has 0 N–H and O–H groups in total. The van der Waals surface area contributed by atoms with E-state index in [1.165, 1.54) is 7.11 Å². The Morgan fingerprint density at radius 1 is 1.65 bits per heavy atom. The van der Waals surface area contributed by atoms with Crippen molar-refractivity contribution in [3.8, 4) is 0 Å². The molecule has 0 aliphatic rings. The molecular weight excluding hydrogens is 411 g/mol. The second-order valence-corrected chi connectivity index (χ2v) is 4.82. The van der Waals surface area contributed by atoms with Crippen molar-refractivity contribution in [1.29, 1.82) is 0 Å². The first-order valence-electron chi connectivity index (χ1n) is 4.58. The molecule has 0 aliphatic carbocycles. The number of methoxy groups -OCH3 is 1. The number of nitrogens with zero attached hydrogens (tertiary/aromatic N) is 1. The smallest absolute Gasteiger partial charge is 0.310 e. The molecule has 0 amide bonds. The van der Waals surface area contributed by atoms with Crippen LogP contribution in [0.1, 0.15) is 23.2 Å². The third-order valence-electron chi connectivity index (χ3n) is 2.12. The minimum atomic E-state index is -2.71. The minimum Gasteiger partial charge on any atom is -0.469 e. The number of esters is 1. The van der Waals surface area contributed by atoms with Crippen molar-refractivity contribution in [2.24, 2.45) is 0 Å². The molecular formula is C10H9BrF2INO2. The standard InChI is InChI=1S/C10H9BrF2INO2/c1-17-8(16)3-6-5(4-11)2-7(14)15-9(6)10(12)13/h2,10H,3-4H2,1H3. The first-order chi connectivity index (χ1) is 7.99. The molecule has 3 nitrogen and oxygen atoms in total. The van der Waals surface area contributed by atoms with E-state index in [0.717, 1.165) is 0 Å². The van der Waals surface area contributed by atoms with Gasteiger partial charge in [0.25, 0.3) is 6.43 Å². The van der Waals surface area contributed by atoms with E-state index in [-0.39, 0.29) is 17.7 Å². The van der Waals surface area contributed by atoms with E-state index in [4.69, 9.17) is 0 Å². The molecule has 0 bridgehead atoms. The number of alkyl halides is 3. The van der Waals surface area contributed by atoms with E-state index in [0.29, 0.717) is 14.6 Å². The number of hydrogen-bond acceptors (Lipinski definition) is 3. The SMILES string of the molecule is COC(=O)Cc1c(CBr)cc(I)nc1C(F)F. The lowest BCUT2D eigenvalue weighted by molar-refractivity contribution is -0.139. The molecule has 1 rings (SSSR count). The summed E-state index contributed by atoms with van der Waals surface area (Å²) in [7, 11) is 1.22. The van der Waals surface area contributed by atoms with E-state index < -0.39 is 12.4 Å². The number of ether oxygens (including phenoxy) is 1. The van der Waals surface area contributed by atoms with Gasteiger partial charge in [0.15, 0.2) is 0 Å². The molecule has 1 heterocycles. The summed E-state index contributed by atoms with van der Waals surface area (Å²) in [4.78, 5) is 15.0. The topological polar surface area (TPSA) is 39.2 Å². The zero-order valence-corrected chi connectivity index (χ0v) is 12.6.